The van der Waals surface area contributed by atoms with Crippen LogP contribution in [0.15, 0.2) is 29.4 Å². The van der Waals surface area contributed by atoms with Crippen LogP contribution in [0.1, 0.15) is 53.1 Å². The minimum atomic E-state index is -0.133. The molecule has 0 saturated carbocycles. The molecule has 6 nitrogen and oxygen atoms in total. The fourth-order valence-corrected chi connectivity index (χ4v) is 5.90. The molecule has 0 saturated heterocycles. The molecular weight excluding hydrogens is 426 g/mol. The lowest BCUT2D eigenvalue weighted by atomic mass is 9.97. The first-order valence-electron chi connectivity index (χ1n) is 10.5. The van der Waals surface area contributed by atoms with Crippen molar-refractivity contribution in [2.45, 2.75) is 57.5 Å². The number of anilines is 1. The molecule has 0 radical (unpaired) electrons. The Labute approximate surface area is 190 Å². The maximum atomic E-state index is 12.7. The molecule has 160 valence electrons. The van der Waals surface area contributed by atoms with Gasteiger partial charge in [-0.1, -0.05) is 42.3 Å². The van der Waals surface area contributed by atoms with E-state index in [9.17, 15) is 10.1 Å². The summed E-state index contributed by atoms with van der Waals surface area (Å²) in [5, 5.41) is 22.5. The van der Waals surface area contributed by atoms with Crippen LogP contribution in [0.3, 0.4) is 0 Å². The van der Waals surface area contributed by atoms with Gasteiger partial charge in [0.1, 0.15) is 16.9 Å². The number of nitrogens with zero attached hydrogens (tertiary/aromatic N) is 4. The van der Waals surface area contributed by atoms with E-state index in [1.165, 1.54) is 35.0 Å². The number of benzene rings is 1. The highest BCUT2D eigenvalue weighted by Gasteiger charge is 2.21. The van der Waals surface area contributed by atoms with Crippen LogP contribution in [-0.4, -0.2) is 26.4 Å². The number of fused-ring (bicyclic) bond motifs is 1. The summed E-state index contributed by atoms with van der Waals surface area (Å²) in [4.78, 5) is 14.0. The lowest BCUT2D eigenvalue weighted by Gasteiger charge is -2.09. The lowest BCUT2D eigenvalue weighted by molar-refractivity contribution is -0.113. The van der Waals surface area contributed by atoms with Crippen molar-refractivity contribution < 1.29 is 4.79 Å². The molecule has 0 aliphatic heterocycles. The normalized spacial score (nSPS) is 13.7. The van der Waals surface area contributed by atoms with Crippen molar-refractivity contribution in [3.8, 4) is 11.8 Å². The van der Waals surface area contributed by atoms with E-state index in [0.717, 1.165) is 42.8 Å². The van der Waals surface area contributed by atoms with E-state index < -0.39 is 0 Å². The number of amides is 1. The van der Waals surface area contributed by atoms with E-state index in [0.29, 0.717) is 15.7 Å². The van der Waals surface area contributed by atoms with E-state index in [-0.39, 0.29) is 11.7 Å². The number of thioether (sulfide) groups is 1. The predicted molar refractivity (Wildman–Crippen MR) is 125 cm³/mol. The molecule has 31 heavy (non-hydrogen) atoms. The summed E-state index contributed by atoms with van der Waals surface area (Å²) in [6, 6.07) is 10.5. The van der Waals surface area contributed by atoms with Gasteiger partial charge in [-0.05, 0) is 57.2 Å². The average molecular weight is 452 g/mol. The highest BCUT2D eigenvalue weighted by Crippen LogP contribution is 2.36. The second-order valence-electron chi connectivity index (χ2n) is 7.77. The Morgan fingerprint density at radius 2 is 1.90 bits per heavy atom. The van der Waals surface area contributed by atoms with Crippen LogP contribution < -0.4 is 5.32 Å². The third-order valence-electron chi connectivity index (χ3n) is 5.46. The molecule has 0 spiro atoms. The number of carbonyl (C=O) groups excluding carboxylic acids is 1. The summed E-state index contributed by atoms with van der Waals surface area (Å²) in [5.41, 5.74) is 3.95. The molecule has 1 aromatic carbocycles. The molecule has 1 N–H and O–H groups in total. The van der Waals surface area contributed by atoms with Gasteiger partial charge < -0.3 is 5.32 Å². The first kappa shape index (κ1) is 21.6. The Kier molecular flexibility index (Phi) is 6.73. The van der Waals surface area contributed by atoms with Gasteiger partial charge in [0.25, 0.3) is 0 Å². The zero-order valence-electron chi connectivity index (χ0n) is 17.8. The lowest BCUT2D eigenvalue weighted by Crippen LogP contribution is -2.14. The Bertz CT molecular complexity index is 1120. The van der Waals surface area contributed by atoms with Crippen molar-refractivity contribution in [2.75, 3.05) is 11.1 Å². The summed E-state index contributed by atoms with van der Waals surface area (Å²) in [5.74, 6) is 0.848. The largest absolute Gasteiger partial charge is 0.316 e. The maximum absolute atomic E-state index is 12.7. The van der Waals surface area contributed by atoms with Gasteiger partial charge in [0.05, 0.1) is 11.3 Å². The van der Waals surface area contributed by atoms with E-state index in [1.54, 1.807) is 11.3 Å². The maximum Gasteiger partial charge on any atom is 0.235 e. The van der Waals surface area contributed by atoms with Crippen LogP contribution in [0.25, 0.3) is 5.69 Å². The van der Waals surface area contributed by atoms with Crippen LogP contribution in [0.5, 0.6) is 0 Å². The Morgan fingerprint density at radius 3 is 2.65 bits per heavy atom. The van der Waals surface area contributed by atoms with Gasteiger partial charge >= 0.3 is 0 Å². The topological polar surface area (TPSA) is 83.6 Å². The van der Waals surface area contributed by atoms with E-state index in [2.05, 4.69) is 21.6 Å². The number of aromatic nitrogens is 3. The third-order valence-corrected chi connectivity index (χ3v) is 7.59. The minimum Gasteiger partial charge on any atom is -0.316 e. The first-order chi connectivity index (χ1) is 15.1. The summed E-state index contributed by atoms with van der Waals surface area (Å²) in [6.45, 7) is 3.95. The van der Waals surface area contributed by atoms with Crippen molar-refractivity contribution in [1.29, 1.82) is 5.26 Å². The number of rotatable bonds is 5. The van der Waals surface area contributed by atoms with E-state index in [4.69, 9.17) is 0 Å². The molecule has 0 fully saturated rings. The number of hydrogen-bond acceptors (Lipinski definition) is 6. The van der Waals surface area contributed by atoms with Gasteiger partial charge in [0.2, 0.25) is 5.91 Å². The highest BCUT2D eigenvalue weighted by atomic mass is 32.2. The minimum absolute atomic E-state index is 0.133. The molecule has 1 amide bonds. The van der Waals surface area contributed by atoms with Crippen molar-refractivity contribution >= 4 is 34.0 Å². The van der Waals surface area contributed by atoms with Crippen LogP contribution >= 0.6 is 23.1 Å². The third kappa shape index (κ3) is 4.83. The number of hydrogen-bond donors (Lipinski definition) is 1. The van der Waals surface area contributed by atoms with Gasteiger partial charge in [0, 0.05) is 10.6 Å². The average Bonchev–Trinajstić information content (AvgIpc) is 3.26. The monoisotopic (exact) mass is 451 g/mol. The Balaban J connectivity index is 1.47. The molecule has 2 heterocycles. The standard InChI is InChI=1S/C23H25N5OS2/c1-15-9-11-17(12-10-15)28-16(2)26-27-23(28)30-14-21(29)25-22-19(13-24)18-7-5-3-4-6-8-20(18)31-22/h9-12H,3-8,14H2,1-2H3,(H,25,29). The number of nitriles is 1. The van der Waals surface area contributed by atoms with Crippen molar-refractivity contribution in [3.63, 3.8) is 0 Å². The van der Waals surface area contributed by atoms with E-state index >= 15 is 0 Å². The molecule has 4 rings (SSSR count). The highest BCUT2D eigenvalue weighted by molar-refractivity contribution is 7.99. The number of aryl methyl sites for hydroxylation is 3. The van der Waals surface area contributed by atoms with Gasteiger partial charge in [-0.2, -0.15) is 5.26 Å². The van der Waals surface area contributed by atoms with Crippen LogP contribution in [0.4, 0.5) is 5.00 Å². The first-order valence-corrected chi connectivity index (χ1v) is 12.3. The molecular formula is C23H25N5OS2. The van der Waals surface area contributed by atoms with Crippen LogP contribution in [0, 0.1) is 25.2 Å². The second-order valence-corrected chi connectivity index (χ2v) is 9.82. The van der Waals surface area contributed by atoms with Crippen LogP contribution in [0.2, 0.25) is 0 Å². The summed E-state index contributed by atoms with van der Waals surface area (Å²) in [6.07, 6.45) is 6.63. The molecule has 1 aliphatic rings. The second kappa shape index (κ2) is 9.67. The van der Waals surface area contributed by atoms with E-state index in [1.807, 2.05) is 42.7 Å². The summed E-state index contributed by atoms with van der Waals surface area (Å²) in [7, 11) is 0. The van der Waals surface area contributed by atoms with Crippen molar-refractivity contribution in [1.82, 2.24) is 14.8 Å². The zero-order chi connectivity index (χ0) is 21.8. The SMILES string of the molecule is Cc1ccc(-n2c(C)nnc2SCC(=O)Nc2sc3c(c2C#N)CCCCCC3)cc1. The van der Waals surface area contributed by atoms with Gasteiger partial charge in [-0.3, -0.25) is 9.36 Å². The summed E-state index contributed by atoms with van der Waals surface area (Å²) < 4.78 is 1.95. The Morgan fingerprint density at radius 1 is 1.16 bits per heavy atom. The molecule has 1 aliphatic carbocycles. The molecule has 8 heteroatoms. The number of carbonyl (C=O) groups is 1. The fraction of sp³-hybridized carbons (Fsp3) is 0.391. The van der Waals surface area contributed by atoms with Crippen molar-refractivity contribution in [2.24, 2.45) is 0 Å². The van der Waals surface area contributed by atoms with Gasteiger partial charge in [0.15, 0.2) is 5.16 Å². The smallest absolute Gasteiger partial charge is 0.235 e. The molecule has 0 unspecified atom stereocenters. The molecule has 2 aromatic heterocycles. The zero-order valence-corrected chi connectivity index (χ0v) is 19.4. The molecule has 0 atom stereocenters. The van der Waals surface area contributed by atoms with Crippen LogP contribution in [-0.2, 0) is 17.6 Å². The Hall–Kier alpha value is -2.63. The fourth-order valence-electron chi connectivity index (χ4n) is 3.85. The van der Waals surface area contributed by atoms with Gasteiger partial charge in [-0.15, -0.1) is 21.5 Å². The predicted octanol–water partition coefficient (Wildman–Crippen LogP) is 5.21. The van der Waals surface area contributed by atoms with Crippen molar-refractivity contribution in [3.05, 3.63) is 51.7 Å². The van der Waals surface area contributed by atoms with Gasteiger partial charge in [-0.25, -0.2) is 0 Å². The number of nitrogens with one attached hydrogen (secondary N) is 1. The number of thiophene rings is 1. The summed E-state index contributed by atoms with van der Waals surface area (Å²) >= 11 is 2.92. The quantitative estimate of drug-likeness (QED) is 0.539. The molecule has 0 bridgehead atoms. The molecule has 3 aromatic rings.